The largest absolute Gasteiger partial charge is 0.495 e. The smallest absolute Gasteiger partial charge is 0.419 e. The summed E-state index contributed by atoms with van der Waals surface area (Å²) < 4.78 is 50.9. The number of rotatable bonds is 9. The van der Waals surface area contributed by atoms with Crippen LogP contribution in [0.25, 0.3) is 0 Å². The summed E-state index contributed by atoms with van der Waals surface area (Å²) >= 11 is 0. The van der Waals surface area contributed by atoms with E-state index >= 15 is 0 Å². The molecule has 1 fully saturated rings. The van der Waals surface area contributed by atoms with Crippen LogP contribution in [-0.4, -0.2) is 39.5 Å². The number of benzene rings is 1. The number of carbonyl (C=O) groups excluding carboxylic acids is 2. The fraction of sp³-hybridized carbons (Fsp3) is 0.308. The van der Waals surface area contributed by atoms with Gasteiger partial charge in [-0.05, 0) is 55.7 Å². The molecular formula is C26H25F3N4O5. The Balaban J connectivity index is 1.36. The van der Waals surface area contributed by atoms with Gasteiger partial charge in [-0.1, -0.05) is 6.07 Å². The summed E-state index contributed by atoms with van der Waals surface area (Å²) in [5.74, 6) is -0.785. The lowest BCUT2D eigenvalue weighted by Gasteiger charge is -2.17. The summed E-state index contributed by atoms with van der Waals surface area (Å²) in [5, 5.41) is 15.1. The van der Waals surface area contributed by atoms with Crippen LogP contribution in [0.1, 0.15) is 53.0 Å². The first-order valence-electron chi connectivity index (χ1n) is 11.6. The predicted molar refractivity (Wildman–Crippen MR) is 128 cm³/mol. The highest BCUT2D eigenvalue weighted by Crippen LogP contribution is 2.39. The molecule has 0 aliphatic heterocycles. The van der Waals surface area contributed by atoms with E-state index in [0.717, 1.165) is 12.1 Å². The zero-order chi connectivity index (χ0) is 27.5. The van der Waals surface area contributed by atoms with Gasteiger partial charge in [0, 0.05) is 6.20 Å². The number of amides is 2. The Kier molecular flexibility index (Phi) is 7.53. The van der Waals surface area contributed by atoms with Gasteiger partial charge in [0.05, 0.1) is 49.0 Å². The van der Waals surface area contributed by atoms with Crippen molar-refractivity contribution in [2.24, 2.45) is 0 Å². The van der Waals surface area contributed by atoms with Crippen LogP contribution in [0.3, 0.4) is 0 Å². The van der Waals surface area contributed by atoms with Crippen LogP contribution in [0.5, 0.6) is 17.2 Å². The molecule has 0 saturated heterocycles. The van der Waals surface area contributed by atoms with E-state index in [9.17, 15) is 27.9 Å². The molecule has 1 unspecified atom stereocenters. The Morgan fingerprint density at radius 1 is 1.11 bits per heavy atom. The molecule has 3 aromatic rings. The molecule has 0 spiro atoms. The van der Waals surface area contributed by atoms with Crippen LogP contribution in [0.2, 0.25) is 0 Å². The molecule has 1 aliphatic rings. The minimum atomic E-state index is -4.69. The fourth-order valence-electron chi connectivity index (χ4n) is 3.64. The second-order valence-electron chi connectivity index (χ2n) is 8.85. The van der Waals surface area contributed by atoms with E-state index < -0.39 is 35.0 Å². The van der Waals surface area contributed by atoms with E-state index in [4.69, 9.17) is 9.47 Å². The number of pyridine rings is 2. The third-order valence-corrected chi connectivity index (χ3v) is 6.00. The summed E-state index contributed by atoms with van der Waals surface area (Å²) in [5.41, 5.74) is -1.25. The number of hydrogen-bond acceptors (Lipinski definition) is 7. The number of nitrogens with zero attached hydrogens (tertiary/aromatic N) is 2. The van der Waals surface area contributed by atoms with Gasteiger partial charge < -0.3 is 25.2 Å². The second kappa shape index (κ2) is 10.7. The van der Waals surface area contributed by atoms with Gasteiger partial charge in [-0.25, -0.2) is 0 Å². The molecule has 1 aliphatic carbocycles. The number of hydrogen-bond donors (Lipinski definition) is 3. The molecule has 4 rings (SSSR count). The highest BCUT2D eigenvalue weighted by Gasteiger charge is 2.51. The summed E-state index contributed by atoms with van der Waals surface area (Å²) in [4.78, 5) is 33.4. The Labute approximate surface area is 216 Å². The molecule has 2 heterocycles. The third-order valence-electron chi connectivity index (χ3n) is 6.00. The Morgan fingerprint density at radius 3 is 2.47 bits per heavy atom. The van der Waals surface area contributed by atoms with Crippen molar-refractivity contribution in [1.29, 1.82) is 0 Å². The molecule has 38 heavy (non-hydrogen) atoms. The van der Waals surface area contributed by atoms with Crippen molar-refractivity contribution in [3.63, 3.8) is 0 Å². The first-order valence-corrected chi connectivity index (χ1v) is 11.6. The fourth-order valence-corrected chi connectivity index (χ4v) is 3.64. The van der Waals surface area contributed by atoms with Gasteiger partial charge in [-0.3, -0.25) is 19.6 Å². The molecule has 1 atom stereocenters. The second-order valence-corrected chi connectivity index (χ2v) is 8.85. The quantitative estimate of drug-likeness (QED) is 0.383. The van der Waals surface area contributed by atoms with Crippen LogP contribution in [-0.2, 0) is 17.5 Å². The summed E-state index contributed by atoms with van der Waals surface area (Å²) in [6, 6.07) is 7.79. The SMILES string of the molecule is COc1cncc(C(=O)NC2(C(=O)NCc3ccc(Oc4ccc(C(C)O)cc4C(F)(F)F)cn3)CC2)c1. The average molecular weight is 531 g/mol. The Hall–Kier alpha value is -4.19. The molecular weight excluding hydrogens is 505 g/mol. The molecule has 1 saturated carbocycles. The predicted octanol–water partition coefficient (Wildman–Crippen LogP) is 3.93. The van der Waals surface area contributed by atoms with Crippen LogP contribution in [0, 0.1) is 0 Å². The summed E-state index contributed by atoms with van der Waals surface area (Å²) in [7, 11) is 1.46. The minimum absolute atomic E-state index is 0.0360. The van der Waals surface area contributed by atoms with Crippen molar-refractivity contribution >= 4 is 11.8 Å². The molecule has 1 aromatic carbocycles. The monoisotopic (exact) mass is 530 g/mol. The lowest BCUT2D eigenvalue weighted by atomic mass is 10.1. The maximum absolute atomic E-state index is 13.5. The topological polar surface area (TPSA) is 123 Å². The highest BCUT2D eigenvalue weighted by molar-refractivity contribution is 6.00. The van der Waals surface area contributed by atoms with Gasteiger partial charge in [0.15, 0.2) is 0 Å². The maximum Gasteiger partial charge on any atom is 0.419 e. The number of nitrogens with one attached hydrogen (secondary N) is 2. The average Bonchev–Trinajstić information content (AvgIpc) is 3.68. The number of carbonyl (C=O) groups is 2. The van der Waals surface area contributed by atoms with Crippen LogP contribution < -0.4 is 20.1 Å². The molecule has 0 radical (unpaired) electrons. The number of ether oxygens (including phenoxy) is 2. The van der Waals surface area contributed by atoms with Gasteiger partial charge in [-0.2, -0.15) is 13.2 Å². The normalized spacial score (nSPS) is 14.8. The van der Waals surface area contributed by atoms with Crippen molar-refractivity contribution in [2.45, 2.75) is 44.1 Å². The number of methoxy groups -OCH3 is 1. The van der Waals surface area contributed by atoms with E-state index in [-0.39, 0.29) is 29.3 Å². The van der Waals surface area contributed by atoms with Crippen LogP contribution >= 0.6 is 0 Å². The van der Waals surface area contributed by atoms with Gasteiger partial charge >= 0.3 is 6.18 Å². The molecule has 9 nitrogen and oxygen atoms in total. The minimum Gasteiger partial charge on any atom is -0.495 e. The van der Waals surface area contributed by atoms with Gasteiger partial charge in [0.2, 0.25) is 5.91 Å². The zero-order valence-electron chi connectivity index (χ0n) is 20.5. The number of alkyl halides is 3. The van der Waals surface area contributed by atoms with Crippen LogP contribution in [0.15, 0.2) is 55.0 Å². The molecule has 2 amide bonds. The highest BCUT2D eigenvalue weighted by atomic mass is 19.4. The number of aromatic nitrogens is 2. The molecule has 3 N–H and O–H groups in total. The first kappa shape index (κ1) is 26.9. The van der Waals surface area contributed by atoms with Crippen molar-refractivity contribution in [3.8, 4) is 17.2 Å². The zero-order valence-corrected chi connectivity index (χ0v) is 20.5. The lowest BCUT2D eigenvalue weighted by Crippen LogP contribution is -2.48. The van der Waals surface area contributed by atoms with E-state index in [2.05, 4.69) is 20.6 Å². The standard InChI is InChI=1S/C26H25F3N4O5/c1-15(34)16-3-6-22(21(10-16)26(27,28)29)38-19-5-4-18(31-14-19)12-32-24(36)25(7-8-25)33-23(35)17-9-20(37-2)13-30-11-17/h3-6,9-11,13-15,34H,7-8,12H2,1-2H3,(H,32,36)(H,33,35). The van der Waals surface area contributed by atoms with E-state index in [1.165, 1.54) is 56.9 Å². The van der Waals surface area contributed by atoms with Gasteiger partial charge in [0.1, 0.15) is 22.8 Å². The van der Waals surface area contributed by atoms with Crippen molar-refractivity contribution in [1.82, 2.24) is 20.6 Å². The van der Waals surface area contributed by atoms with Crippen molar-refractivity contribution < 1.29 is 37.3 Å². The number of halogens is 3. The van der Waals surface area contributed by atoms with Crippen molar-refractivity contribution in [2.75, 3.05) is 7.11 Å². The van der Waals surface area contributed by atoms with E-state index in [1.54, 1.807) is 0 Å². The summed E-state index contributed by atoms with van der Waals surface area (Å²) in [6.07, 6.45) is -0.733. The Morgan fingerprint density at radius 2 is 1.87 bits per heavy atom. The van der Waals surface area contributed by atoms with Crippen molar-refractivity contribution in [3.05, 3.63) is 77.4 Å². The first-order chi connectivity index (χ1) is 18.0. The number of aliphatic hydroxyl groups excluding tert-OH is 1. The molecule has 12 heteroatoms. The number of aliphatic hydroxyl groups is 1. The maximum atomic E-state index is 13.5. The molecule has 2 aromatic heterocycles. The summed E-state index contributed by atoms with van der Waals surface area (Å²) in [6.45, 7) is 1.41. The van der Waals surface area contributed by atoms with E-state index in [0.29, 0.717) is 24.3 Å². The third kappa shape index (κ3) is 6.20. The van der Waals surface area contributed by atoms with Gasteiger partial charge in [-0.15, -0.1) is 0 Å². The Bertz CT molecular complexity index is 1330. The molecule has 0 bridgehead atoms. The van der Waals surface area contributed by atoms with Gasteiger partial charge in [0.25, 0.3) is 5.91 Å². The van der Waals surface area contributed by atoms with Crippen LogP contribution in [0.4, 0.5) is 13.2 Å². The van der Waals surface area contributed by atoms with E-state index in [1.807, 2.05) is 0 Å². The molecule has 200 valence electrons. The lowest BCUT2D eigenvalue weighted by molar-refractivity contribution is -0.138.